The second-order valence-electron chi connectivity index (χ2n) is 9.71. The summed E-state index contributed by atoms with van der Waals surface area (Å²) in [5.41, 5.74) is 11.6. The number of thiazole rings is 1. The number of benzene rings is 2. The molecule has 1 fully saturated rings. The molecule has 38 heavy (non-hydrogen) atoms. The summed E-state index contributed by atoms with van der Waals surface area (Å²) < 4.78 is 1.06. The molecule has 8 nitrogen and oxygen atoms in total. The lowest BCUT2D eigenvalue weighted by molar-refractivity contribution is 0.126. The van der Waals surface area contributed by atoms with E-state index in [0.29, 0.717) is 23.9 Å². The number of hydrogen-bond acceptors (Lipinski definition) is 9. The van der Waals surface area contributed by atoms with Crippen molar-refractivity contribution in [3.8, 4) is 11.1 Å². The Morgan fingerprint density at radius 1 is 0.895 bits per heavy atom. The first-order chi connectivity index (χ1) is 18.6. The highest BCUT2D eigenvalue weighted by atomic mass is 32.1. The Kier molecular flexibility index (Phi) is 6.85. The quantitative estimate of drug-likeness (QED) is 0.212. The zero-order chi connectivity index (χ0) is 25.9. The molecule has 6 rings (SSSR count). The van der Waals surface area contributed by atoms with Gasteiger partial charge in [-0.1, -0.05) is 47.7 Å². The molecule has 0 spiro atoms. The number of aromatic nitrogens is 4. The van der Waals surface area contributed by atoms with E-state index in [2.05, 4.69) is 33.8 Å². The predicted molar refractivity (Wildman–Crippen MR) is 154 cm³/mol. The van der Waals surface area contributed by atoms with Crippen molar-refractivity contribution in [2.45, 2.75) is 44.2 Å². The maximum atomic E-state index is 9.88. The molecule has 1 saturated carbocycles. The SMILES string of the molecule is Nc1cncc(-c2ccc3nc(Nc4cc(Cc5ccccc5)nc(N[C@H]5CC[C@H](O)CC5)n4)sc3c2)c1. The summed E-state index contributed by atoms with van der Waals surface area (Å²) in [7, 11) is 0. The largest absolute Gasteiger partial charge is 0.397 e. The maximum absolute atomic E-state index is 9.88. The molecular formula is C29H29N7OS. The van der Waals surface area contributed by atoms with Gasteiger partial charge in [0.2, 0.25) is 5.95 Å². The number of aliphatic hydroxyl groups is 1. The number of nitrogens with zero attached hydrogens (tertiary/aromatic N) is 4. The van der Waals surface area contributed by atoms with Crippen LogP contribution in [0.25, 0.3) is 21.3 Å². The molecule has 0 saturated heterocycles. The first-order valence-electron chi connectivity index (χ1n) is 12.8. The Morgan fingerprint density at radius 2 is 1.74 bits per heavy atom. The summed E-state index contributed by atoms with van der Waals surface area (Å²) in [6.07, 6.45) is 7.36. The number of nitrogens with one attached hydrogen (secondary N) is 2. The first kappa shape index (κ1) is 24.3. The van der Waals surface area contributed by atoms with Crippen molar-refractivity contribution in [3.63, 3.8) is 0 Å². The highest BCUT2D eigenvalue weighted by molar-refractivity contribution is 7.22. The summed E-state index contributed by atoms with van der Waals surface area (Å²) in [4.78, 5) is 18.6. The molecule has 2 aromatic carbocycles. The van der Waals surface area contributed by atoms with E-state index in [4.69, 9.17) is 20.7 Å². The molecule has 1 aliphatic rings. The topological polar surface area (TPSA) is 122 Å². The zero-order valence-corrected chi connectivity index (χ0v) is 21.7. The minimum Gasteiger partial charge on any atom is -0.397 e. The lowest BCUT2D eigenvalue weighted by Gasteiger charge is -2.26. The highest BCUT2D eigenvalue weighted by Gasteiger charge is 2.20. The van der Waals surface area contributed by atoms with Crippen LogP contribution in [0.3, 0.4) is 0 Å². The van der Waals surface area contributed by atoms with Crippen LogP contribution in [0.1, 0.15) is 36.9 Å². The lowest BCUT2D eigenvalue weighted by Crippen LogP contribution is -2.29. The average molecular weight is 524 g/mol. The Morgan fingerprint density at radius 3 is 2.55 bits per heavy atom. The van der Waals surface area contributed by atoms with E-state index >= 15 is 0 Å². The number of nitrogen functional groups attached to an aromatic ring is 1. The average Bonchev–Trinajstić information content (AvgIpc) is 3.32. The monoisotopic (exact) mass is 523 g/mol. The van der Waals surface area contributed by atoms with Gasteiger partial charge in [0.25, 0.3) is 0 Å². The zero-order valence-electron chi connectivity index (χ0n) is 20.8. The van der Waals surface area contributed by atoms with E-state index in [1.54, 1.807) is 17.5 Å². The minimum absolute atomic E-state index is 0.203. The molecule has 5 N–H and O–H groups in total. The number of hydrogen-bond donors (Lipinski definition) is 4. The van der Waals surface area contributed by atoms with Crippen LogP contribution in [0.5, 0.6) is 0 Å². The molecule has 0 radical (unpaired) electrons. The molecule has 0 unspecified atom stereocenters. The van der Waals surface area contributed by atoms with Crippen molar-refractivity contribution < 1.29 is 5.11 Å². The van der Waals surface area contributed by atoms with Crippen molar-refractivity contribution in [3.05, 3.63) is 84.3 Å². The normalized spacial score (nSPS) is 17.4. The fourth-order valence-electron chi connectivity index (χ4n) is 4.81. The number of fused-ring (bicyclic) bond motifs is 1. The van der Waals surface area contributed by atoms with E-state index in [0.717, 1.165) is 57.9 Å². The number of aliphatic hydroxyl groups excluding tert-OH is 1. The standard InChI is InChI=1S/C29H29N7OS/c30-21-13-20(16-31-17-21)19-6-11-25-26(14-19)38-29(34-25)36-27-15-23(12-18-4-2-1-3-5-18)33-28(35-27)32-22-7-9-24(37)10-8-22/h1-6,11,13-17,22,24,37H,7-10,12,30H2,(H2,32,33,34,35,36)/t22-,24-. The number of pyridine rings is 1. The Bertz CT molecular complexity index is 1550. The number of nitrogens with two attached hydrogens (primary N) is 1. The molecule has 0 atom stereocenters. The lowest BCUT2D eigenvalue weighted by atomic mass is 9.93. The number of rotatable bonds is 7. The van der Waals surface area contributed by atoms with E-state index in [9.17, 15) is 5.11 Å². The van der Waals surface area contributed by atoms with Gasteiger partial charge in [0.05, 0.1) is 27.7 Å². The van der Waals surface area contributed by atoms with Crippen molar-refractivity contribution in [2.75, 3.05) is 16.4 Å². The van der Waals surface area contributed by atoms with Crippen molar-refractivity contribution in [2.24, 2.45) is 0 Å². The summed E-state index contributed by atoms with van der Waals surface area (Å²) in [6, 6.07) is 20.6. The Hall–Kier alpha value is -4.08. The third-order valence-electron chi connectivity index (χ3n) is 6.75. The molecule has 0 aliphatic heterocycles. The van der Waals surface area contributed by atoms with E-state index in [1.165, 1.54) is 5.56 Å². The van der Waals surface area contributed by atoms with Gasteiger partial charge in [-0.25, -0.2) is 9.97 Å². The van der Waals surface area contributed by atoms with E-state index < -0.39 is 0 Å². The second kappa shape index (κ2) is 10.7. The molecule has 0 bridgehead atoms. The molecule has 9 heteroatoms. The van der Waals surface area contributed by atoms with Gasteiger partial charge < -0.3 is 21.5 Å². The van der Waals surface area contributed by atoms with Crippen LogP contribution in [0.15, 0.2) is 73.1 Å². The second-order valence-corrected chi connectivity index (χ2v) is 10.7. The van der Waals surface area contributed by atoms with Crippen molar-refractivity contribution in [1.82, 2.24) is 19.9 Å². The van der Waals surface area contributed by atoms with Gasteiger partial charge >= 0.3 is 0 Å². The van der Waals surface area contributed by atoms with Crippen LogP contribution >= 0.6 is 11.3 Å². The van der Waals surface area contributed by atoms with Crippen LogP contribution in [-0.4, -0.2) is 37.2 Å². The van der Waals surface area contributed by atoms with Gasteiger partial charge in [-0.15, -0.1) is 0 Å². The van der Waals surface area contributed by atoms with Gasteiger partial charge in [-0.05, 0) is 55.0 Å². The van der Waals surface area contributed by atoms with Crippen molar-refractivity contribution in [1.29, 1.82) is 0 Å². The molecule has 3 heterocycles. The van der Waals surface area contributed by atoms with Crippen LogP contribution < -0.4 is 16.4 Å². The van der Waals surface area contributed by atoms with E-state index in [1.807, 2.05) is 48.7 Å². The van der Waals surface area contributed by atoms with Gasteiger partial charge in [0.1, 0.15) is 5.82 Å². The number of anilines is 4. The minimum atomic E-state index is -0.203. The first-order valence-corrected chi connectivity index (χ1v) is 13.6. The van der Waals surface area contributed by atoms with Crippen molar-refractivity contribution >= 4 is 44.1 Å². The summed E-state index contributed by atoms with van der Waals surface area (Å²) >= 11 is 1.57. The Balaban J connectivity index is 1.27. The smallest absolute Gasteiger partial charge is 0.225 e. The summed E-state index contributed by atoms with van der Waals surface area (Å²) in [5.74, 6) is 1.29. The third kappa shape index (κ3) is 5.74. The molecule has 3 aromatic heterocycles. The van der Waals surface area contributed by atoms with Crippen LogP contribution in [-0.2, 0) is 6.42 Å². The molecule has 192 valence electrons. The summed E-state index contributed by atoms with van der Waals surface area (Å²) in [6.45, 7) is 0. The van der Waals surface area contributed by atoms with Gasteiger partial charge in [-0.3, -0.25) is 4.98 Å². The molecule has 0 amide bonds. The van der Waals surface area contributed by atoms with Crippen LogP contribution in [0.4, 0.5) is 22.6 Å². The van der Waals surface area contributed by atoms with E-state index in [-0.39, 0.29) is 12.1 Å². The maximum Gasteiger partial charge on any atom is 0.225 e. The fourth-order valence-corrected chi connectivity index (χ4v) is 5.72. The summed E-state index contributed by atoms with van der Waals surface area (Å²) in [5, 5.41) is 17.6. The molecule has 5 aromatic rings. The van der Waals surface area contributed by atoms with Gasteiger partial charge in [-0.2, -0.15) is 4.98 Å². The molecular weight excluding hydrogens is 494 g/mol. The predicted octanol–water partition coefficient (Wildman–Crippen LogP) is 5.78. The fraction of sp³-hybridized carbons (Fsp3) is 0.241. The Labute approximate surface area is 225 Å². The van der Waals surface area contributed by atoms with Gasteiger partial charge in [0, 0.05) is 36.5 Å². The molecule has 1 aliphatic carbocycles. The van der Waals surface area contributed by atoms with Gasteiger partial charge in [0.15, 0.2) is 5.13 Å². The third-order valence-corrected chi connectivity index (χ3v) is 7.69. The van der Waals surface area contributed by atoms with Crippen LogP contribution in [0.2, 0.25) is 0 Å². The van der Waals surface area contributed by atoms with Crippen LogP contribution in [0, 0.1) is 0 Å². The highest BCUT2D eigenvalue weighted by Crippen LogP contribution is 2.32.